The summed E-state index contributed by atoms with van der Waals surface area (Å²) >= 11 is 0. The normalized spacial score (nSPS) is 13.3. The first kappa shape index (κ1) is 20.4. The fourth-order valence-corrected chi connectivity index (χ4v) is 2.69. The Morgan fingerprint density at radius 1 is 1.15 bits per heavy atom. The number of likely N-dealkylation sites (N-methyl/N-ethyl adjacent to an activating group) is 1. The molecule has 2 rings (SSSR count). The molecule has 0 radical (unpaired) electrons. The van der Waals surface area contributed by atoms with Crippen LogP contribution in [-0.4, -0.2) is 41.4 Å². The number of carbonyl (C=O) groups excluding carboxylic acids is 2. The number of aliphatic imine (C=N–C) groups is 1. The number of amides is 2. The van der Waals surface area contributed by atoms with Gasteiger partial charge in [-0.3, -0.25) is 9.69 Å². The number of amidine groups is 1. The van der Waals surface area contributed by atoms with Crippen LogP contribution in [-0.2, 0) is 16.0 Å². The monoisotopic (exact) mass is 369 g/mol. The highest BCUT2D eigenvalue weighted by molar-refractivity contribution is 5.96. The summed E-state index contributed by atoms with van der Waals surface area (Å²) in [4.78, 5) is 30.2. The summed E-state index contributed by atoms with van der Waals surface area (Å²) in [6.45, 7) is 6.88. The Hall–Kier alpha value is -2.89. The molecule has 2 aromatic carbocycles. The number of benzene rings is 2. The van der Waals surface area contributed by atoms with Gasteiger partial charge in [0.15, 0.2) is 0 Å². The predicted molar refractivity (Wildman–Crippen MR) is 108 cm³/mol. The number of nitrogens with zero attached hydrogens (tertiary/aromatic N) is 2. The van der Waals surface area contributed by atoms with Crippen LogP contribution in [0.15, 0.2) is 47.5 Å². The van der Waals surface area contributed by atoms with E-state index < -0.39 is 23.6 Å². The molecule has 0 aliphatic heterocycles. The van der Waals surface area contributed by atoms with Crippen molar-refractivity contribution in [2.75, 3.05) is 7.05 Å². The van der Waals surface area contributed by atoms with Gasteiger partial charge in [0.05, 0.1) is 5.84 Å². The zero-order chi connectivity index (χ0) is 20.2. The predicted octanol–water partition coefficient (Wildman–Crippen LogP) is 3.52. The summed E-state index contributed by atoms with van der Waals surface area (Å²) < 4.78 is 5.40. The second-order valence-corrected chi connectivity index (χ2v) is 7.58. The Morgan fingerprint density at radius 2 is 1.78 bits per heavy atom. The minimum atomic E-state index is -0.806. The fourth-order valence-electron chi connectivity index (χ4n) is 2.69. The quantitative estimate of drug-likeness (QED) is 0.660. The van der Waals surface area contributed by atoms with E-state index >= 15 is 0 Å². The van der Waals surface area contributed by atoms with Crippen LogP contribution in [0.3, 0.4) is 0 Å². The Morgan fingerprint density at radius 3 is 2.37 bits per heavy atom. The van der Waals surface area contributed by atoms with Gasteiger partial charge >= 0.3 is 6.09 Å². The van der Waals surface area contributed by atoms with E-state index in [4.69, 9.17) is 10.5 Å². The van der Waals surface area contributed by atoms with Gasteiger partial charge in [-0.1, -0.05) is 42.5 Å². The third-order valence-electron chi connectivity index (χ3n) is 3.96. The Balaban J connectivity index is 2.32. The topological polar surface area (TPSA) is 85.0 Å². The Bertz CT molecular complexity index is 864. The molecule has 1 atom stereocenters. The van der Waals surface area contributed by atoms with Crippen molar-refractivity contribution in [2.24, 2.45) is 10.7 Å². The fraction of sp³-hybridized carbons (Fsp3) is 0.381. The smallest absolute Gasteiger partial charge is 0.410 e. The van der Waals surface area contributed by atoms with Gasteiger partial charge in [-0.15, -0.1) is 0 Å². The minimum Gasteiger partial charge on any atom is -0.444 e. The van der Waals surface area contributed by atoms with E-state index in [0.29, 0.717) is 6.42 Å². The maximum Gasteiger partial charge on any atom is 0.410 e. The third kappa shape index (κ3) is 5.81. The lowest BCUT2D eigenvalue weighted by Gasteiger charge is -2.29. The highest BCUT2D eigenvalue weighted by Gasteiger charge is 2.30. The first-order valence-electron chi connectivity index (χ1n) is 8.85. The van der Waals surface area contributed by atoms with E-state index in [2.05, 4.69) is 4.99 Å². The van der Waals surface area contributed by atoms with E-state index in [1.807, 2.05) is 42.5 Å². The molecule has 6 heteroatoms. The number of carbonyl (C=O) groups is 2. The van der Waals surface area contributed by atoms with E-state index in [1.54, 1.807) is 34.7 Å². The summed E-state index contributed by atoms with van der Waals surface area (Å²) in [6.07, 6.45) is -0.262. The summed E-state index contributed by atoms with van der Waals surface area (Å²) in [5, 5.41) is 2.18. The third-order valence-corrected chi connectivity index (χ3v) is 3.96. The molecule has 144 valence electrons. The van der Waals surface area contributed by atoms with E-state index in [1.165, 1.54) is 4.90 Å². The van der Waals surface area contributed by atoms with Crippen LogP contribution in [0.4, 0.5) is 4.79 Å². The summed E-state index contributed by atoms with van der Waals surface area (Å²) in [5.41, 5.74) is 5.84. The van der Waals surface area contributed by atoms with Crippen molar-refractivity contribution in [3.05, 3.63) is 48.0 Å². The molecular formula is C21H27N3O3. The average Bonchev–Trinajstić information content (AvgIpc) is 2.56. The van der Waals surface area contributed by atoms with Crippen LogP contribution >= 0.6 is 0 Å². The molecule has 0 spiro atoms. The molecule has 0 aliphatic carbocycles. The molecule has 2 N–H and O–H groups in total. The largest absolute Gasteiger partial charge is 0.444 e. The van der Waals surface area contributed by atoms with Gasteiger partial charge in [-0.05, 0) is 44.0 Å². The number of hydrogen-bond acceptors (Lipinski definition) is 3. The van der Waals surface area contributed by atoms with Gasteiger partial charge in [0.25, 0.3) is 5.91 Å². The SMILES string of the molecule is CC(N)=NC(=O)C(Cc1ccc2ccccc2c1)N(C)C(=O)OC(C)(C)C. The van der Waals surface area contributed by atoms with Crippen LogP contribution < -0.4 is 5.73 Å². The Labute approximate surface area is 160 Å². The first-order chi connectivity index (χ1) is 12.6. The van der Waals surface area contributed by atoms with Crippen molar-refractivity contribution in [1.82, 2.24) is 4.90 Å². The lowest BCUT2D eigenvalue weighted by molar-refractivity contribution is -0.122. The lowest BCUT2D eigenvalue weighted by atomic mass is 10.0. The summed E-state index contributed by atoms with van der Waals surface area (Å²) in [5.74, 6) is -0.322. The van der Waals surface area contributed by atoms with Crippen molar-refractivity contribution < 1.29 is 14.3 Å². The Kier molecular flexibility index (Phi) is 6.20. The average molecular weight is 369 g/mol. The van der Waals surface area contributed by atoms with Crippen LogP contribution in [0.2, 0.25) is 0 Å². The number of rotatable bonds is 4. The van der Waals surface area contributed by atoms with Gasteiger partial charge in [0.2, 0.25) is 0 Å². The van der Waals surface area contributed by atoms with E-state index in [-0.39, 0.29) is 5.84 Å². The number of nitrogens with two attached hydrogens (primary N) is 1. The minimum absolute atomic E-state index is 0.154. The van der Waals surface area contributed by atoms with Crippen molar-refractivity contribution in [3.63, 3.8) is 0 Å². The number of fused-ring (bicyclic) bond motifs is 1. The molecule has 0 saturated heterocycles. The van der Waals surface area contributed by atoms with Crippen molar-refractivity contribution in [3.8, 4) is 0 Å². The zero-order valence-corrected chi connectivity index (χ0v) is 16.5. The molecule has 0 bridgehead atoms. The van der Waals surface area contributed by atoms with Crippen LogP contribution in [0, 0.1) is 0 Å². The lowest BCUT2D eigenvalue weighted by Crippen LogP contribution is -2.45. The highest BCUT2D eigenvalue weighted by Crippen LogP contribution is 2.19. The molecular weight excluding hydrogens is 342 g/mol. The van der Waals surface area contributed by atoms with E-state index in [0.717, 1.165) is 16.3 Å². The van der Waals surface area contributed by atoms with Gasteiger partial charge in [0, 0.05) is 13.5 Å². The van der Waals surface area contributed by atoms with Crippen molar-refractivity contribution in [2.45, 2.75) is 45.8 Å². The first-order valence-corrected chi connectivity index (χ1v) is 8.85. The molecule has 0 heterocycles. The van der Waals surface area contributed by atoms with Gasteiger partial charge in [0.1, 0.15) is 11.6 Å². The standard InChI is InChI=1S/C21H27N3O3/c1-14(22)23-19(25)18(24(5)20(26)27-21(2,3)4)13-15-10-11-16-8-6-7-9-17(16)12-15/h6-12,18H,13H2,1-5H3,(H2,22,23,25). The maximum absolute atomic E-state index is 12.6. The number of hydrogen-bond donors (Lipinski definition) is 1. The molecule has 27 heavy (non-hydrogen) atoms. The molecule has 6 nitrogen and oxygen atoms in total. The second kappa shape index (κ2) is 8.20. The molecule has 1 unspecified atom stereocenters. The van der Waals surface area contributed by atoms with E-state index in [9.17, 15) is 9.59 Å². The summed E-state index contributed by atoms with van der Waals surface area (Å²) in [7, 11) is 1.54. The molecule has 2 aromatic rings. The molecule has 0 aromatic heterocycles. The highest BCUT2D eigenvalue weighted by atomic mass is 16.6. The summed E-state index contributed by atoms with van der Waals surface area (Å²) in [6, 6.07) is 13.1. The van der Waals surface area contributed by atoms with Crippen LogP contribution in [0.25, 0.3) is 10.8 Å². The van der Waals surface area contributed by atoms with Gasteiger partial charge in [-0.25, -0.2) is 4.79 Å². The molecule has 2 amide bonds. The molecule has 0 aliphatic rings. The zero-order valence-electron chi connectivity index (χ0n) is 16.5. The van der Waals surface area contributed by atoms with Gasteiger partial charge in [-0.2, -0.15) is 4.99 Å². The maximum atomic E-state index is 12.6. The van der Waals surface area contributed by atoms with Crippen LogP contribution in [0.5, 0.6) is 0 Å². The molecule has 0 fully saturated rings. The van der Waals surface area contributed by atoms with Crippen molar-refractivity contribution >= 4 is 28.6 Å². The molecule has 0 saturated carbocycles. The van der Waals surface area contributed by atoms with Crippen LogP contribution in [0.1, 0.15) is 33.3 Å². The van der Waals surface area contributed by atoms with Crippen molar-refractivity contribution in [1.29, 1.82) is 0 Å². The second-order valence-electron chi connectivity index (χ2n) is 7.58. The van der Waals surface area contributed by atoms with Gasteiger partial charge < -0.3 is 10.5 Å². The number of ether oxygens (including phenoxy) is 1.